The molecule has 0 aliphatic heterocycles. The maximum Gasteiger partial charge on any atom is 0.274 e. The monoisotopic (exact) mass is 375 g/mol. The van der Waals surface area contributed by atoms with Gasteiger partial charge in [-0.1, -0.05) is 31.5 Å². The smallest absolute Gasteiger partial charge is 0.274 e. The first-order chi connectivity index (χ1) is 13.7. The van der Waals surface area contributed by atoms with Crippen LogP contribution >= 0.6 is 0 Å². The summed E-state index contributed by atoms with van der Waals surface area (Å²) in [6, 6.07) is 20.6. The van der Waals surface area contributed by atoms with Crippen LogP contribution in [0.2, 0.25) is 0 Å². The highest BCUT2D eigenvalue weighted by atomic mass is 16.5. The molecule has 0 spiro atoms. The molecule has 0 fully saturated rings. The summed E-state index contributed by atoms with van der Waals surface area (Å²) in [6.45, 7) is 3.11. The van der Waals surface area contributed by atoms with Crippen LogP contribution in [0.25, 0.3) is 0 Å². The molecule has 2 aromatic carbocycles. The number of benzene rings is 2. The number of hydrogen-bond acceptors (Lipinski definition) is 4. The quantitative estimate of drug-likeness (QED) is 0.576. The minimum Gasteiger partial charge on any atom is -0.457 e. The van der Waals surface area contributed by atoms with Gasteiger partial charge in [0.25, 0.3) is 5.91 Å². The molecule has 0 bridgehead atoms. The first-order valence-corrected chi connectivity index (χ1v) is 9.47. The van der Waals surface area contributed by atoms with Crippen molar-refractivity contribution in [1.82, 2.24) is 4.98 Å². The fourth-order valence-corrected chi connectivity index (χ4v) is 2.73. The van der Waals surface area contributed by atoms with Crippen LogP contribution in [0.4, 0.5) is 11.4 Å². The van der Waals surface area contributed by atoms with E-state index < -0.39 is 0 Å². The van der Waals surface area contributed by atoms with Crippen LogP contribution < -0.4 is 15.0 Å². The lowest BCUT2D eigenvalue weighted by atomic mass is 10.2. The fraction of sp³-hybridized carbons (Fsp3) is 0.217. The maximum atomic E-state index is 12.6. The number of anilines is 2. The number of pyridine rings is 1. The average Bonchev–Trinajstić information content (AvgIpc) is 2.74. The van der Waals surface area contributed by atoms with Crippen LogP contribution in [0.15, 0.2) is 72.9 Å². The van der Waals surface area contributed by atoms with E-state index >= 15 is 0 Å². The summed E-state index contributed by atoms with van der Waals surface area (Å²) in [4.78, 5) is 18.9. The third kappa shape index (κ3) is 5.33. The average molecular weight is 375 g/mol. The number of aromatic nitrogens is 1. The van der Waals surface area contributed by atoms with Crippen molar-refractivity contribution in [1.29, 1.82) is 0 Å². The molecule has 0 aliphatic carbocycles. The predicted molar refractivity (Wildman–Crippen MR) is 113 cm³/mol. The Kier molecular flexibility index (Phi) is 6.63. The van der Waals surface area contributed by atoms with Crippen molar-refractivity contribution in [3.05, 3.63) is 78.6 Å². The zero-order chi connectivity index (χ0) is 19.8. The van der Waals surface area contributed by atoms with Gasteiger partial charge in [-0.15, -0.1) is 0 Å². The van der Waals surface area contributed by atoms with E-state index in [1.165, 1.54) is 0 Å². The van der Waals surface area contributed by atoms with Gasteiger partial charge < -0.3 is 15.0 Å². The Morgan fingerprint density at radius 3 is 2.46 bits per heavy atom. The van der Waals surface area contributed by atoms with E-state index in [1.54, 1.807) is 6.20 Å². The van der Waals surface area contributed by atoms with Crippen molar-refractivity contribution < 1.29 is 9.53 Å². The van der Waals surface area contributed by atoms with E-state index in [-0.39, 0.29) is 5.91 Å². The van der Waals surface area contributed by atoms with Crippen molar-refractivity contribution in [2.75, 3.05) is 23.8 Å². The van der Waals surface area contributed by atoms with Gasteiger partial charge in [0.15, 0.2) is 0 Å². The van der Waals surface area contributed by atoms with Crippen LogP contribution in [0, 0.1) is 0 Å². The molecule has 1 heterocycles. The Labute approximate surface area is 166 Å². The number of para-hydroxylation sites is 1. The van der Waals surface area contributed by atoms with Gasteiger partial charge in [-0.25, -0.2) is 0 Å². The molecular weight excluding hydrogens is 350 g/mol. The Balaban J connectivity index is 1.63. The van der Waals surface area contributed by atoms with E-state index in [0.29, 0.717) is 17.1 Å². The minimum atomic E-state index is -0.234. The number of hydrogen-bond donors (Lipinski definition) is 1. The molecule has 144 valence electrons. The largest absolute Gasteiger partial charge is 0.457 e. The summed E-state index contributed by atoms with van der Waals surface area (Å²) < 4.78 is 5.77. The number of nitrogens with one attached hydrogen (secondary N) is 1. The van der Waals surface area contributed by atoms with Gasteiger partial charge in [0.2, 0.25) is 0 Å². The Hall–Kier alpha value is -3.34. The summed E-state index contributed by atoms with van der Waals surface area (Å²) in [5.41, 5.74) is 2.07. The lowest BCUT2D eigenvalue weighted by Gasteiger charge is -2.19. The molecule has 1 amide bonds. The normalized spacial score (nSPS) is 10.4. The molecular formula is C23H25N3O2. The third-order valence-corrected chi connectivity index (χ3v) is 4.36. The predicted octanol–water partition coefficient (Wildman–Crippen LogP) is 5.36. The van der Waals surface area contributed by atoms with Crippen molar-refractivity contribution in [3.8, 4) is 11.5 Å². The molecule has 0 radical (unpaired) electrons. The lowest BCUT2D eigenvalue weighted by Crippen LogP contribution is -2.20. The van der Waals surface area contributed by atoms with Crippen LogP contribution in [0.3, 0.4) is 0 Å². The number of ether oxygens (including phenoxy) is 1. The second-order valence-corrected chi connectivity index (χ2v) is 6.57. The van der Waals surface area contributed by atoms with E-state index in [1.807, 2.05) is 73.8 Å². The maximum absolute atomic E-state index is 12.6. The number of carbonyl (C=O) groups excluding carboxylic acids is 1. The van der Waals surface area contributed by atoms with Crippen LogP contribution in [0.1, 0.15) is 30.3 Å². The first kappa shape index (κ1) is 19.4. The van der Waals surface area contributed by atoms with E-state index in [4.69, 9.17) is 4.74 Å². The van der Waals surface area contributed by atoms with E-state index in [2.05, 4.69) is 22.1 Å². The van der Waals surface area contributed by atoms with Crippen LogP contribution in [-0.4, -0.2) is 24.5 Å². The standard InChI is InChI=1S/C23H25N3O2/c1-3-4-16-26(2)19-14-15-24-22(17-19)23(27)25-18-10-12-21(13-11-18)28-20-8-6-5-7-9-20/h5-15,17H,3-4,16H2,1-2H3,(H,25,27). The van der Waals surface area contributed by atoms with Gasteiger partial charge in [0, 0.05) is 31.2 Å². The second-order valence-electron chi connectivity index (χ2n) is 6.57. The molecule has 28 heavy (non-hydrogen) atoms. The molecule has 5 nitrogen and oxygen atoms in total. The Morgan fingerprint density at radius 2 is 1.75 bits per heavy atom. The third-order valence-electron chi connectivity index (χ3n) is 4.36. The van der Waals surface area contributed by atoms with Gasteiger partial charge in [-0.3, -0.25) is 9.78 Å². The van der Waals surface area contributed by atoms with Crippen molar-refractivity contribution in [3.63, 3.8) is 0 Å². The van der Waals surface area contributed by atoms with Crippen molar-refractivity contribution in [2.45, 2.75) is 19.8 Å². The van der Waals surface area contributed by atoms with Gasteiger partial charge >= 0.3 is 0 Å². The van der Waals surface area contributed by atoms with Gasteiger partial charge in [0.05, 0.1) is 0 Å². The second kappa shape index (κ2) is 9.55. The topological polar surface area (TPSA) is 54.5 Å². The van der Waals surface area contributed by atoms with Gasteiger partial charge in [-0.2, -0.15) is 0 Å². The van der Waals surface area contributed by atoms with Crippen LogP contribution in [0.5, 0.6) is 11.5 Å². The number of rotatable bonds is 8. The van der Waals surface area contributed by atoms with Crippen molar-refractivity contribution in [2.24, 2.45) is 0 Å². The fourth-order valence-electron chi connectivity index (χ4n) is 2.73. The number of unbranched alkanes of at least 4 members (excludes halogenated alkanes) is 1. The van der Waals surface area contributed by atoms with E-state index in [9.17, 15) is 4.79 Å². The molecule has 0 saturated carbocycles. The summed E-state index contributed by atoms with van der Waals surface area (Å²) in [7, 11) is 2.03. The molecule has 3 aromatic rings. The molecule has 3 rings (SSSR count). The SMILES string of the molecule is CCCCN(C)c1ccnc(C(=O)Nc2ccc(Oc3ccccc3)cc2)c1. The van der Waals surface area contributed by atoms with E-state index in [0.717, 1.165) is 30.8 Å². The zero-order valence-corrected chi connectivity index (χ0v) is 16.3. The molecule has 0 saturated heterocycles. The molecule has 0 atom stereocenters. The Bertz CT molecular complexity index is 895. The molecule has 5 heteroatoms. The minimum absolute atomic E-state index is 0.234. The first-order valence-electron chi connectivity index (χ1n) is 9.47. The van der Waals surface area contributed by atoms with Crippen LogP contribution in [-0.2, 0) is 0 Å². The summed E-state index contributed by atoms with van der Waals surface area (Å²) in [5.74, 6) is 1.25. The highest BCUT2D eigenvalue weighted by molar-refractivity contribution is 6.03. The van der Waals surface area contributed by atoms with Crippen molar-refractivity contribution >= 4 is 17.3 Å². The summed E-state index contributed by atoms with van der Waals surface area (Å²) >= 11 is 0. The molecule has 1 aromatic heterocycles. The van der Waals surface area contributed by atoms with Gasteiger partial charge in [-0.05, 0) is 55.0 Å². The highest BCUT2D eigenvalue weighted by Gasteiger charge is 2.10. The summed E-state index contributed by atoms with van der Waals surface area (Å²) in [5, 5.41) is 2.88. The zero-order valence-electron chi connectivity index (χ0n) is 16.3. The molecule has 1 N–H and O–H groups in total. The lowest BCUT2D eigenvalue weighted by molar-refractivity contribution is 0.102. The number of carbonyl (C=O) groups is 1. The number of amides is 1. The number of nitrogens with zero attached hydrogens (tertiary/aromatic N) is 2. The molecule has 0 unspecified atom stereocenters. The molecule has 0 aliphatic rings. The van der Waals surface area contributed by atoms with Gasteiger partial charge in [0.1, 0.15) is 17.2 Å². The summed E-state index contributed by atoms with van der Waals surface area (Å²) in [6.07, 6.45) is 3.91. The Morgan fingerprint density at radius 1 is 1.04 bits per heavy atom. The highest BCUT2D eigenvalue weighted by Crippen LogP contribution is 2.23.